The minimum atomic E-state index is -0.300. The number of nitrogens with one attached hydrogen (secondary N) is 1. The standard InChI is InChI=1S/C19H13N5O3/c25-18(21-13-5-6-15-16(9-13)27-11-26-15)8-7-17-22-23-19-14-4-2-1-3-12(14)10-20-24(17)19/h1-10H,11H2,(H,21,25)/b8-7+. The van der Waals surface area contributed by atoms with E-state index in [9.17, 15) is 4.79 Å². The number of fused-ring (bicyclic) bond motifs is 4. The first kappa shape index (κ1) is 15.3. The summed E-state index contributed by atoms with van der Waals surface area (Å²) in [5, 5.41) is 17.4. The fourth-order valence-electron chi connectivity index (χ4n) is 2.92. The zero-order valence-electron chi connectivity index (χ0n) is 14.0. The molecule has 2 aromatic heterocycles. The molecule has 5 rings (SSSR count). The maximum Gasteiger partial charge on any atom is 0.248 e. The number of carbonyl (C=O) groups excluding carboxylic acids is 1. The molecule has 0 bridgehead atoms. The maximum absolute atomic E-state index is 12.2. The molecule has 0 saturated heterocycles. The van der Waals surface area contributed by atoms with E-state index in [1.54, 1.807) is 35.0 Å². The fourth-order valence-corrected chi connectivity index (χ4v) is 2.92. The minimum Gasteiger partial charge on any atom is -0.454 e. The number of rotatable bonds is 3. The highest BCUT2D eigenvalue weighted by molar-refractivity contribution is 6.02. The molecular formula is C19H13N5O3. The van der Waals surface area contributed by atoms with Gasteiger partial charge in [-0.3, -0.25) is 4.79 Å². The number of benzene rings is 2. The Morgan fingerprint density at radius 2 is 2.00 bits per heavy atom. The molecule has 2 aromatic carbocycles. The van der Waals surface area contributed by atoms with E-state index in [1.165, 1.54) is 6.08 Å². The Kier molecular flexibility index (Phi) is 3.46. The van der Waals surface area contributed by atoms with E-state index >= 15 is 0 Å². The van der Waals surface area contributed by atoms with Crippen molar-refractivity contribution in [3.8, 4) is 11.5 Å². The van der Waals surface area contributed by atoms with E-state index < -0.39 is 0 Å². The summed E-state index contributed by atoms with van der Waals surface area (Å²) in [6, 6.07) is 13.0. The molecule has 0 fully saturated rings. The molecule has 27 heavy (non-hydrogen) atoms. The summed E-state index contributed by atoms with van der Waals surface area (Å²) in [6.45, 7) is 0.189. The summed E-state index contributed by atoms with van der Waals surface area (Å²) in [4.78, 5) is 12.2. The van der Waals surface area contributed by atoms with Crippen molar-refractivity contribution in [3.05, 3.63) is 60.6 Å². The molecule has 0 spiro atoms. The van der Waals surface area contributed by atoms with Crippen LogP contribution >= 0.6 is 0 Å². The van der Waals surface area contributed by atoms with Crippen LogP contribution in [0.1, 0.15) is 5.82 Å². The Morgan fingerprint density at radius 1 is 1.11 bits per heavy atom. The molecule has 0 atom stereocenters. The van der Waals surface area contributed by atoms with E-state index in [0.29, 0.717) is 28.7 Å². The maximum atomic E-state index is 12.2. The molecule has 1 amide bonds. The number of nitrogens with zero attached hydrogens (tertiary/aromatic N) is 4. The highest BCUT2D eigenvalue weighted by Crippen LogP contribution is 2.34. The van der Waals surface area contributed by atoms with Crippen LogP contribution in [0.4, 0.5) is 5.69 Å². The van der Waals surface area contributed by atoms with Gasteiger partial charge in [-0.25, -0.2) is 0 Å². The SMILES string of the molecule is O=C(/C=C/c1nnc2c3ccccc3cnn12)Nc1ccc2c(c1)OCO2. The van der Waals surface area contributed by atoms with Crippen LogP contribution in [0.5, 0.6) is 11.5 Å². The highest BCUT2D eigenvalue weighted by Gasteiger charge is 2.14. The zero-order chi connectivity index (χ0) is 18.2. The van der Waals surface area contributed by atoms with Crippen LogP contribution in [-0.2, 0) is 4.79 Å². The van der Waals surface area contributed by atoms with Gasteiger partial charge in [0, 0.05) is 28.6 Å². The first-order valence-corrected chi connectivity index (χ1v) is 8.26. The Labute approximate surface area is 153 Å². The molecular weight excluding hydrogens is 346 g/mol. The van der Waals surface area contributed by atoms with Gasteiger partial charge in [0.15, 0.2) is 23.0 Å². The summed E-state index contributed by atoms with van der Waals surface area (Å²) in [7, 11) is 0. The van der Waals surface area contributed by atoms with Gasteiger partial charge >= 0.3 is 0 Å². The van der Waals surface area contributed by atoms with Gasteiger partial charge in [0.2, 0.25) is 12.7 Å². The lowest BCUT2D eigenvalue weighted by molar-refractivity contribution is -0.111. The average Bonchev–Trinajstić information content (AvgIpc) is 3.32. The molecule has 1 aliphatic heterocycles. The number of ether oxygens (including phenoxy) is 2. The van der Waals surface area contributed by atoms with Gasteiger partial charge in [-0.15, -0.1) is 10.2 Å². The van der Waals surface area contributed by atoms with Crippen LogP contribution in [0.15, 0.2) is 54.7 Å². The van der Waals surface area contributed by atoms with E-state index in [1.807, 2.05) is 24.3 Å². The third kappa shape index (κ3) is 2.73. The molecule has 0 aliphatic carbocycles. The van der Waals surface area contributed by atoms with Crippen molar-refractivity contribution in [1.29, 1.82) is 0 Å². The van der Waals surface area contributed by atoms with Gasteiger partial charge in [-0.05, 0) is 18.2 Å². The smallest absolute Gasteiger partial charge is 0.248 e. The summed E-state index contributed by atoms with van der Waals surface area (Å²) in [5.41, 5.74) is 1.26. The Bertz CT molecular complexity index is 1210. The summed E-state index contributed by atoms with van der Waals surface area (Å²) >= 11 is 0. The first-order valence-electron chi connectivity index (χ1n) is 8.26. The monoisotopic (exact) mass is 359 g/mol. The van der Waals surface area contributed by atoms with Crippen LogP contribution in [0.25, 0.3) is 22.5 Å². The molecule has 0 saturated carbocycles. The van der Waals surface area contributed by atoms with Gasteiger partial charge in [-0.2, -0.15) is 9.61 Å². The molecule has 4 aromatic rings. The van der Waals surface area contributed by atoms with Gasteiger partial charge in [0.1, 0.15) is 0 Å². The first-order chi connectivity index (χ1) is 13.3. The van der Waals surface area contributed by atoms with E-state index in [4.69, 9.17) is 9.47 Å². The number of amides is 1. The number of hydrogen-bond donors (Lipinski definition) is 1. The fraction of sp³-hybridized carbons (Fsp3) is 0.0526. The third-order valence-electron chi connectivity index (χ3n) is 4.20. The van der Waals surface area contributed by atoms with Crippen molar-refractivity contribution in [2.45, 2.75) is 0 Å². The second-order valence-electron chi connectivity index (χ2n) is 5.92. The van der Waals surface area contributed by atoms with Gasteiger partial charge in [0.05, 0.1) is 6.20 Å². The molecule has 3 heterocycles. The van der Waals surface area contributed by atoms with Crippen molar-refractivity contribution in [1.82, 2.24) is 19.8 Å². The van der Waals surface area contributed by atoms with Crippen molar-refractivity contribution in [2.75, 3.05) is 12.1 Å². The lowest BCUT2D eigenvalue weighted by Gasteiger charge is -2.03. The predicted octanol–water partition coefficient (Wildman–Crippen LogP) is 2.66. The van der Waals surface area contributed by atoms with Crippen LogP contribution < -0.4 is 14.8 Å². The number of anilines is 1. The zero-order valence-corrected chi connectivity index (χ0v) is 14.0. The van der Waals surface area contributed by atoms with E-state index in [2.05, 4.69) is 20.6 Å². The predicted molar refractivity (Wildman–Crippen MR) is 98.5 cm³/mol. The largest absolute Gasteiger partial charge is 0.454 e. The van der Waals surface area contributed by atoms with Gasteiger partial charge in [0.25, 0.3) is 0 Å². The van der Waals surface area contributed by atoms with Crippen molar-refractivity contribution in [3.63, 3.8) is 0 Å². The Hall–Kier alpha value is -3.94. The molecule has 1 N–H and O–H groups in total. The number of hydrogen-bond acceptors (Lipinski definition) is 6. The van der Waals surface area contributed by atoms with Crippen LogP contribution in [0.2, 0.25) is 0 Å². The lowest BCUT2D eigenvalue weighted by atomic mass is 10.2. The summed E-state index contributed by atoms with van der Waals surface area (Å²) < 4.78 is 12.2. The Morgan fingerprint density at radius 3 is 2.96 bits per heavy atom. The number of aromatic nitrogens is 4. The van der Waals surface area contributed by atoms with Crippen LogP contribution in [0.3, 0.4) is 0 Å². The minimum absolute atomic E-state index is 0.189. The van der Waals surface area contributed by atoms with Crippen LogP contribution in [0, 0.1) is 0 Å². The van der Waals surface area contributed by atoms with E-state index in [0.717, 1.165) is 10.8 Å². The van der Waals surface area contributed by atoms with Crippen LogP contribution in [-0.4, -0.2) is 32.5 Å². The van der Waals surface area contributed by atoms with Crippen molar-refractivity contribution < 1.29 is 14.3 Å². The topological polar surface area (TPSA) is 90.6 Å². The molecule has 8 nitrogen and oxygen atoms in total. The third-order valence-corrected chi connectivity index (χ3v) is 4.20. The molecule has 0 unspecified atom stereocenters. The second kappa shape index (κ2) is 6.10. The number of carbonyl (C=O) groups is 1. The summed E-state index contributed by atoms with van der Waals surface area (Å²) in [5.74, 6) is 1.44. The van der Waals surface area contributed by atoms with Gasteiger partial charge < -0.3 is 14.8 Å². The lowest BCUT2D eigenvalue weighted by Crippen LogP contribution is -2.07. The molecule has 132 valence electrons. The Balaban J connectivity index is 1.39. The highest BCUT2D eigenvalue weighted by atomic mass is 16.7. The van der Waals surface area contributed by atoms with E-state index in [-0.39, 0.29) is 12.7 Å². The molecule has 8 heteroatoms. The molecule has 1 aliphatic rings. The second-order valence-corrected chi connectivity index (χ2v) is 5.92. The van der Waals surface area contributed by atoms with Crippen molar-refractivity contribution >= 4 is 34.1 Å². The average molecular weight is 359 g/mol. The molecule has 0 radical (unpaired) electrons. The normalized spacial score (nSPS) is 12.9. The van der Waals surface area contributed by atoms with Gasteiger partial charge in [-0.1, -0.05) is 24.3 Å². The van der Waals surface area contributed by atoms with Crippen molar-refractivity contribution in [2.24, 2.45) is 0 Å². The quantitative estimate of drug-likeness (QED) is 0.566. The summed E-state index contributed by atoms with van der Waals surface area (Å²) in [6.07, 6.45) is 4.71.